The number of anilines is 1. The number of nitrogens with one attached hydrogen (secondary N) is 1. The molecule has 0 saturated carbocycles. The number of aromatic nitrogens is 3. The first-order chi connectivity index (χ1) is 15.9. The number of carbonyl (C=O) groups is 1. The molecule has 1 amide bonds. The van der Waals surface area contributed by atoms with E-state index in [1.807, 2.05) is 13.8 Å². The number of rotatable bonds is 6. The predicted octanol–water partition coefficient (Wildman–Crippen LogP) is 3.13. The van der Waals surface area contributed by atoms with Gasteiger partial charge in [-0.25, -0.2) is 12.7 Å². The Morgan fingerprint density at radius 2 is 1.97 bits per heavy atom. The van der Waals surface area contributed by atoms with Crippen LogP contribution in [0.5, 0.6) is 17.2 Å². The molecular weight excluding hydrogens is 458 g/mol. The van der Waals surface area contributed by atoms with Gasteiger partial charge in [0.2, 0.25) is 10.0 Å². The number of carbonyl (C=O) groups excluding carboxylic acids is 1. The molecule has 0 radical (unpaired) electrons. The molecule has 2 aromatic carbocycles. The number of benzene rings is 2. The Labute approximate surface area is 198 Å². The van der Waals surface area contributed by atoms with E-state index in [1.165, 1.54) is 35.5 Å². The van der Waals surface area contributed by atoms with Gasteiger partial charge in [-0.15, -0.1) is 5.10 Å². The van der Waals surface area contributed by atoms with Gasteiger partial charge in [-0.3, -0.25) is 4.79 Å². The van der Waals surface area contributed by atoms with Crippen molar-refractivity contribution in [3.63, 3.8) is 0 Å². The van der Waals surface area contributed by atoms with E-state index in [1.54, 1.807) is 38.2 Å². The van der Waals surface area contributed by atoms with Crippen molar-refractivity contribution in [3.05, 3.63) is 53.2 Å². The van der Waals surface area contributed by atoms with Gasteiger partial charge in [-0.1, -0.05) is 0 Å². The van der Waals surface area contributed by atoms with Crippen LogP contribution in [-0.4, -0.2) is 53.3 Å². The largest absolute Gasteiger partial charge is 0.487 e. The van der Waals surface area contributed by atoms with Crippen LogP contribution in [0.1, 0.15) is 35.3 Å². The molecule has 0 aliphatic carbocycles. The maximum atomic E-state index is 12.9. The van der Waals surface area contributed by atoms with Crippen LogP contribution in [0.4, 0.5) is 5.82 Å². The third-order valence-corrected chi connectivity index (χ3v) is 7.37. The molecule has 0 spiro atoms. The molecule has 180 valence electrons. The Hall–Kier alpha value is -3.44. The number of amides is 1. The highest BCUT2D eigenvalue weighted by molar-refractivity contribution is 7.89. The van der Waals surface area contributed by atoms with Gasteiger partial charge in [-0.2, -0.15) is 9.90 Å². The average Bonchev–Trinajstić information content (AvgIpc) is 3.28. The minimum Gasteiger partial charge on any atom is -0.487 e. The fraction of sp³-hybridized carbons (Fsp3) is 0.348. The zero-order valence-electron chi connectivity index (χ0n) is 19.9. The van der Waals surface area contributed by atoms with Gasteiger partial charge in [0.25, 0.3) is 5.91 Å². The van der Waals surface area contributed by atoms with Crippen LogP contribution in [0.15, 0.2) is 41.4 Å². The first-order valence-electron chi connectivity index (χ1n) is 10.6. The molecule has 10 nitrogen and oxygen atoms in total. The van der Waals surface area contributed by atoms with Crippen LogP contribution in [0.3, 0.4) is 0 Å². The summed E-state index contributed by atoms with van der Waals surface area (Å²) in [4.78, 5) is 14.4. The van der Waals surface area contributed by atoms with Crippen LogP contribution in [0, 0.1) is 6.92 Å². The Bertz CT molecular complexity index is 1380. The molecule has 4 rings (SSSR count). The second-order valence-corrected chi connectivity index (χ2v) is 11.1. The minimum atomic E-state index is -3.58. The van der Waals surface area contributed by atoms with Gasteiger partial charge in [0.1, 0.15) is 22.8 Å². The van der Waals surface area contributed by atoms with Crippen molar-refractivity contribution in [1.82, 2.24) is 19.3 Å². The maximum Gasteiger partial charge on any atom is 0.257 e. The van der Waals surface area contributed by atoms with Crippen molar-refractivity contribution >= 4 is 21.7 Å². The van der Waals surface area contributed by atoms with E-state index in [0.717, 1.165) is 5.56 Å². The number of aryl methyl sites for hydroxylation is 2. The first kappa shape index (κ1) is 23.7. The highest BCUT2D eigenvalue weighted by atomic mass is 32.2. The summed E-state index contributed by atoms with van der Waals surface area (Å²) in [6.07, 6.45) is 2.05. The summed E-state index contributed by atoms with van der Waals surface area (Å²) in [6, 6.07) is 8.11. The van der Waals surface area contributed by atoms with Crippen LogP contribution in [0.25, 0.3) is 0 Å². The molecule has 0 atom stereocenters. The second kappa shape index (κ2) is 8.41. The molecule has 34 heavy (non-hydrogen) atoms. The standard InChI is InChI=1S/C23H27N5O5S/c1-14-9-16(7-8-20(14)34(30,31)27(4)5)32-18-10-15(11-19-17(18)12-23(2,3)33-19)22(29)25-21-13-24-28(6)26-21/h7-11,13H,12H2,1-6H3,(H,25,26,29). The molecule has 11 heteroatoms. The smallest absolute Gasteiger partial charge is 0.257 e. The Kier molecular flexibility index (Phi) is 5.86. The van der Waals surface area contributed by atoms with E-state index in [9.17, 15) is 13.2 Å². The zero-order valence-corrected chi connectivity index (χ0v) is 20.7. The maximum absolute atomic E-state index is 12.9. The van der Waals surface area contributed by atoms with Gasteiger partial charge in [0.05, 0.1) is 11.1 Å². The summed E-state index contributed by atoms with van der Waals surface area (Å²) < 4.78 is 38.5. The molecule has 0 unspecified atom stereocenters. The molecule has 3 aromatic rings. The van der Waals surface area contributed by atoms with E-state index < -0.39 is 15.6 Å². The Balaban J connectivity index is 1.69. The molecular formula is C23H27N5O5S. The van der Waals surface area contributed by atoms with E-state index in [2.05, 4.69) is 15.5 Å². The molecule has 1 aliphatic rings. The zero-order chi connectivity index (χ0) is 24.8. The predicted molar refractivity (Wildman–Crippen MR) is 126 cm³/mol. The van der Waals surface area contributed by atoms with E-state index >= 15 is 0 Å². The molecule has 1 N–H and O–H groups in total. The summed E-state index contributed by atoms with van der Waals surface area (Å²) in [5, 5.41) is 10.7. The fourth-order valence-electron chi connectivity index (χ4n) is 3.76. The normalized spacial score (nSPS) is 14.6. The van der Waals surface area contributed by atoms with Crippen LogP contribution < -0.4 is 14.8 Å². The Morgan fingerprint density at radius 3 is 2.59 bits per heavy atom. The summed E-state index contributed by atoms with van der Waals surface area (Å²) in [5.74, 6) is 1.42. The topological polar surface area (TPSA) is 116 Å². The average molecular weight is 486 g/mol. The summed E-state index contributed by atoms with van der Waals surface area (Å²) in [6.45, 7) is 5.63. The molecule has 0 fully saturated rings. The molecule has 1 aliphatic heterocycles. The summed E-state index contributed by atoms with van der Waals surface area (Å²) >= 11 is 0. The lowest BCUT2D eigenvalue weighted by Crippen LogP contribution is -2.24. The van der Waals surface area contributed by atoms with Gasteiger partial charge in [0.15, 0.2) is 5.82 Å². The third kappa shape index (κ3) is 4.62. The lowest BCUT2D eigenvalue weighted by Gasteiger charge is -2.16. The number of nitrogens with zero attached hydrogens (tertiary/aromatic N) is 4. The van der Waals surface area contributed by atoms with Gasteiger partial charge in [0, 0.05) is 38.7 Å². The van der Waals surface area contributed by atoms with Crippen LogP contribution >= 0.6 is 0 Å². The summed E-state index contributed by atoms with van der Waals surface area (Å²) in [5.41, 5.74) is 1.26. The van der Waals surface area contributed by atoms with Crippen molar-refractivity contribution in [1.29, 1.82) is 0 Å². The van der Waals surface area contributed by atoms with Gasteiger partial charge < -0.3 is 14.8 Å². The lowest BCUT2D eigenvalue weighted by atomic mass is 9.99. The minimum absolute atomic E-state index is 0.205. The van der Waals surface area contributed by atoms with E-state index in [4.69, 9.17) is 9.47 Å². The number of fused-ring (bicyclic) bond motifs is 1. The van der Waals surface area contributed by atoms with Crippen LogP contribution in [-0.2, 0) is 23.5 Å². The van der Waals surface area contributed by atoms with Crippen molar-refractivity contribution < 1.29 is 22.7 Å². The Morgan fingerprint density at radius 1 is 1.24 bits per heavy atom. The molecule has 2 heterocycles. The van der Waals surface area contributed by atoms with Crippen molar-refractivity contribution in [2.24, 2.45) is 7.05 Å². The van der Waals surface area contributed by atoms with Crippen molar-refractivity contribution in [3.8, 4) is 17.2 Å². The molecule has 0 saturated heterocycles. The summed E-state index contributed by atoms with van der Waals surface area (Å²) in [7, 11) is 1.06. The number of hydrogen-bond acceptors (Lipinski definition) is 7. The fourth-order valence-corrected chi connectivity index (χ4v) is 4.86. The molecule has 0 bridgehead atoms. The quantitative estimate of drug-likeness (QED) is 0.570. The highest BCUT2D eigenvalue weighted by Crippen LogP contribution is 2.43. The monoisotopic (exact) mass is 485 g/mol. The molecule has 1 aromatic heterocycles. The highest BCUT2D eigenvalue weighted by Gasteiger charge is 2.34. The lowest BCUT2D eigenvalue weighted by molar-refractivity contribution is 0.102. The van der Waals surface area contributed by atoms with Gasteiger partial charge in [-0.05, 0) is 56.7 Å². The number of sulfonamides is 1. The van der Waals surface area contributed by atoms with Crippen molar-refractivity contribution in [2.45, 2.75) is 37.7 Å². The van der Waals surface area contributed by atoms with E-state index in [-0.39, 0.29) is 10.8 Å². The number of ether oxygens (including phenoxy) is 2. The van der Waals surface area contributed by atoms with E-state index in [0.29, 0.717) is 40.6 Å². The second-order valence-electron chi connectivity index (χ2n) is 8.98. The SMILES string of the molecule is Cc1cc(Oc2cc(C(=O)Nc3cnn(C)n3)cc3c2CC(C)(C)O3)ccc1S(=O)(=O)N(C)C. The van der Waals surface area contributed by atoms with Gasteiger partial charge >= 0.3 is 0 Å². The third-order valence-electron chi connectivity index (χ3n) is 5.39. The van der Waals surface area contributed by atoms with Crippen LogP contribution in [0.2, 0.25) is 0 Å². The number of hydrogen-bond donors (Lipinski definition) is 1. The first-order valence-corrected chi connectivity index (χ1v) is 12.0. The van der Waals surface area contributed by atoms with Crippen molar-refractivity contribution in [2.75, 3.05) is 19.4 Å².